The van der Waals surface area contributed by atoms with Crippen LogP contribution in [-0.4, -0.2) is 19.0 Å². The SMILES string of the molecule is Cc1ccc2c(c1)CC(COc1cc(F)cc(C=O)c1)O2. The Kier molecular flexibility index (Phi) is 3.60. The summed E-state index contributed by atoms with van der Waals surface area (Å²) in [6.45, 7) is 2.35. The number of carbonyl (C=O) groups is 1. The van der Waals surface area contributed by atoms with E-state index >= 15 is 0 Å². The molecule has 0 spiro atoms. The Morgan fingerprint density at radius 3 is 3.00 bits per heavy atom. The van der Waals surface area contributed by atoms with E-state index in [0.717, 1.165) is 17.7 Å². The molecule has 0 N–H and O–H groups in total. The molecule has 0 amide bonds. The van der Waals surface area contributed by atoms with Crippen LogP contribution < -0.4 is 9.47 Å². The monoisotopic (exact) mass is 286 g/mol. The summed E-state index contributed by atoms with van der Waals surface area (Å²) in [5.41, 5.74) is 2.62. The van der Waals surface area contributed by atoms with E-state index in [1.807, 2.05) is 19.1 Å². The summed E-state index contributed by atoms with van der Waals surface area (Å²) < 4.78 is 24.6. The van der Waals surface area contributed by atoms with Crippen molar-refractivity contribution in [2.75, 3.05) is 6.61 Å². The molecule has 108 valence electrons. The lowest BCUT2D eigenvalue weighted by atomic mass is 10.1. The summed E-state index contributed by atoms with van der Waals surface area (Å²) in [4.78, 5) is 10.7. The van der Waals surface area contributed by atoms with Crippen molar-refractivity contribution in [2.45, 2.75) is 19.4 Å². The van der Waals surface area contributed by atoms with Gasteiger partial charge in [0.2, 0.25) is 0 Å². The Hall–Kier alpha value is -2.36. The number of hydrogen-bond acceptors (Lipinski definition) is 3. The van der Waals surface area contributed by atoms with Gasteiger partial charge >= 0.3 is 0 Å². The second kappa shape index (κ2) is 5.56. The normalized spacial score (nSPS) is 16.2. The second-order valence-corrected chi connectivity index (χ2v) is 5.20. The van der Waals surface area contributed by atoms with Crippen molar-refractivity contribution in [1.29, 1.82) is 0 Å². The molecule has 0 aromatic heterocycles. The number of ether oxygens (including phenoxy) is 2. The average Bonchev–Trinajstić information content (AvgIpc) is 2.86. The third-order valence-electron chi connectivity index (χ3n) is 3.42. The highest BCUT2D eigenvalue weighted by Crippen LogP contribution is 2.29. The van der Waals surface area contributed by atoms with Gasteiger partial charge in [0, 0.05) is 18.1 Å². The lowest BCUT2D eigenvalue weighted by Crippen LogP contribution is -2.22. The molecule has 1 heterocycles. The molecule has 1 unspecified atom stereocenters. The van der Waals surface area contributed by atoms with Gasteiger partial charge in [-0.3, -0.25) is 4.79 Å². The number of carbonyl (C=O) groups excluding carboxylic acids is 1. The van der Waals surface area contributed by atoms with Crippen molar-refractivity contribution in [1.82, 2.24) is 0 Å². The maximum atomic E-state index is 13.3. The Morgan fingerprint density at radius 1 is 1.33 bits per heavy atom. The molecule has 0 bridgehead atoms. The van der Waals surface area contributed by atoms with E-state index in [-0.39, 0.29) is 11.7 Å². The van der Waals surface area contributed by atoms with Gasteiger partial charge in [0.05, 0.1) is 0 Å². The van der Waals surface area contributed by atoms with Gasteiger partial charge in [-0.15, -0.1) is 0 Å². The molecule has 2 aromatic carbocycles. The molecule has 3 nitrogen and oxygen atoms in total. The highest BCUT2D eigenvalue weighted by molar-refractivity contribution is 5.75. The molecular weight excluding hydrogens is 271 g/mol. The van der Waals surface area contributed by atoms with Gasteiger partial charge in [0.1, 0.15) is 36.3 Å². The molecule has 2 aromatic rings. The van der Waals surface area contributed by atoms with Crippen LogP contribution in [0.2, 0.25) is 0 Å². The fourth-order valence-electron chi connectivity index (χ4n) is 2.47. The van der Waals surface area contributed by atoms with Gasteiger partial charge in [-0.1, -0.05) is 17.7 Å². The molecule has 3 rings (SSSR count). The van der Waals surface area contributed by atoms with E-state index in [9.17, 15) is 9.18 Å². The zero-order valence-corrected chi connectivity index (χ0v) is 11.6. The minimum atomic E-state index is -0.485. The Bertz CT molecular complexity index is 682. The first kappa shape index (κ1) is 13.6. The predicted molar refractivity (Wildman–Crippen MR) is 76.6 cm³/mol. The molecule has 0 aliphatic carbocycles. The molecule has 21 heavy (non-hydrogen) atoms. The highest BCUT2D eigenvalue weighted by atomic mass is 19.1. The van der Waals surface area contributed by atoms with Crippen LogP contribution in [0.25, 0.3) is 0 Å². The Balaban J connectivity index is 1.65. The van der Waals surface area contributed by atoms with Gasteiger partial charge in [-0.25, -0.2) is 4.39 Å². The van der Waals surface area contributed by atoms with Crippen LogP contribution in [0.5, 0.6) is 11.5 Å². The quantitative estimate of drug-likeness (QED) is 0.809. The van der Waals surface area contributed by atoms with Crippen LogP contribution in [0.1, 0.15) is 21.5 Å². The Labute approximate surface area is 122 Å². The standard InChI is InChI=1S/C17H15FO3/c1-11-2-3-17-13(4-11)7-16(21-17)10-20-15-6-12(9-19)5-14(18)8-15/h2-6,8-9,16H,7,10H2,1H3. The maximum absolute atomic E-state index is 13.3. The lowest BCUT2D eigenvalue weighted by Gasteiger charge is -2.12. The van der Waals surface area contributed by atoms with Gasteiger partial charge in [-0.2, -0.15) is 0 Å². The van der Waals surface area contributed by atoms with E-state index in [2.05, 4.69) is 6.07 Å². The zero-order valence-electron chi connectivity index (χ0n) is 11.6. The van der Waals surface area contributed by atoms with Crippen molar-refractivity contribution in [3.05, 3.63) is 58.9 Å². The summed E-state index contributed by atoms with van der Waals surface area (Å²) in [5, 5.41) is 0. The van der Waals surface area contributed by atoms with Crippen LogP contribution in [0.15, 0.2) is 36.4 Å². The van der Waals surface area contributed by atoms with Crippen molar-refractivity contribution >= 4 is 6.29 Å². The third kappa shape index (κ3) is 3.05. The molecule has 1 aliphatic rings. The van der Waals surface area contributed by atoms with Crippen LogP contribution in [0, 0.1) is 12.7 Å². The fraction of sp³-hybridized carbons (Fsp3) is 0.235. The molecule has 0 saturated heterocycles. The van der Waals surface area contributed by atoms with E-state index < -0.39 is 5.82 Å². The first-order valence-electron chi connectivity index (χ1n) is 6.79. The Morgan fingerprint density at radius 2 is 2.19 bits per heavy atom. The predicted octanol–water partition coefficient (Wildman–Crippen LogP) is 3.33. The molecular formula is C17H15FO3. The molecule has 0 fully saturated rings. The number of halogens is 1. The van der Waals surface area contributed by atoms with Gasteiger partial charge in [0.25, 0.3) is 0 Å². The van der Waals surface area contributed by atoms with Crippen molar-refractivity contribution in [3.8, 4) is 11.5 Å². The summed E-state index contributed by atoms with van der Waals surface area (Å²) in [6, 6.07) is 10.0. The summed E-state index contributed by atoms with van der Waals surface area (Å²) in [5.74, 6) is 0.732. The molecule has 1 atom stereocenters. The molecule has 4 heteroatoms. The number of fused-ring (bicyclic) bond motifs is 1. The first-order valence-corrected chi connectivity index (χ1v) is 6.79. The zero-order chi connectivity index (χ0) is 14.8. The highest BCUT2D eigenvalue weighted by Gasteiger charge is 2.23. The van der Waals surface area contributed by atoms with Crippen molar-refractivity contribution in [2.24, 2.45) is 0 Å². The summed E-state index contributed by atoms with van der Waals surface area (Å²) in [6.07, 6.45) is 1.28. The molecule has 0 radical (unpaired) electrons. The van der Waals surface area contributed by atoms with Gasteiger partial charge in [-0.05, 0) is 30.7 Å². The van der Waals surface area contributed by atoms with E-state index in [0.29, 0.717) is 18.6 Å². The van der Waals surface area contributed by atoms with Crippen LogP contribution in [0.3, 0.4) is 0 Å². The van der Waals surface area contributed by atoms with E-state index in [1.165, 1.54) is 23.8 Å². The van der Waals surface area contributed by atoms with E-state index in [4.69, 9.17) is 9.47 Å². The maximum Gasteiger partial charge on any atom is 0.150 e. The van der Waals surface area contributed by atoms with Crippen molar-refractivity contribution < 1.29 is 18.7 Å². The summed E-state index contributed by atoms with van der Waals surface area (Å²) in [7, 11) is 0. The number of benzene rings is 2. The first-order chi connectivity index (χ1) is 10.1. The second-order valence-electron chi connectivity index (χ2n) is 5.20. The van der Waals surface area contributed by atoms with Gasteiger partial charge < -0.3 is 9.47 Å². The number of hydrogen-bond donors (Lipinski definition) is 0. The average molecular weight is 286 g/mol. The van der Waals surface area contributed by atoms with Crippen LogP contribution in [-0.2, 0) is 6.42 Å². The molecule has 0 saturated carbocycles. The largest absolute Gasteiger partial charge is 0.490 e. The van der Waals surface area contributed by atoms with Crippen LogP contribution >= 0.6 is 0 Å². The smallest absolute Gasteiger partial charge is 0.150 e. The van der Waals surface area contributed by atoms with Crippen molar-refractivity contribution in [3.63, 3.8) is 0 Å². The fourth-order valence-corrected chi connectivity index (χ4v) is 2.47. The lowest BCUT2D eigenvalue weighted by molar-refractivity contribution is 0.112. The number of aldehydes is 1. The number of aryl methyl sites for hydroxylation is 1. The number of rotatable bonds is 4. The minimum absolute atomic E-state index is 0.0928. The van der Waals surface area contributed by atoms with Gasteiger partial charge in [0.15, 0.2) is 0 Å². The van der Waals surface area contributed by atoms with Crippen LogP contribution in [0.4, 0.5) is 4.39 Å². The molecule has 1 aliphatic heterocycles. The topological polar surface area (TPSA) is 35.5 Å². The third-order valence-corrected chi connectivity index (χ3v) is 3.42. The van der Waals surface area contributed by atoms with E-state index in [1.54, 1.807) is 0 Å². The minimum Gasteiger partial charge on any atom is -0.490 e. The summed E-state index contributed by atoms with van der Waals surface area (Å²) >= 11 is 0.